The van der Waals surface area contributed by atoms with Crippen molar-refractivity contribution in [1.29, 1.82) is 0 Å². The van der Waals surface area contributed by atoms with Gasteiger partial charge in [0.15, 0.2) is 0 Å². The predicted molar refractivity (Wildman–Crippen MR) is 110 cm³/mol. The number of fused-ring (bicyclic) bond motifs is 1. The second kappa shape index (κ2) is 8.26. The van der Waals surface area contributed by atoms with Crippen LogP contribution in [0.1, 0.15) is 38.2 Å². The summed E-state index contributed by atoms with van der Waals surface area (Å²) in [5, 5.41) is 3.15. The van der Waals surface area contributed by atoms with Crippen LogP contribution in [-0.4, -0.2) is 55.8 Å². The number of amides is 1. The summed E-state index contributed by atoms with van der Waals surface area (Å²) in [5.41, 5.74) is 1.21. The Balaban J connectivity index is 1.32. The van der Waals surface area contributed by atoms with E-state index in [-0.39, 0.29) is 11.5 Å². The maximum Gasteiger partial charge on any atom is 0.219 e. The summed E-state index contributed by atoms with van der Waals surface area (Å²) < 4.78 is 11.7. The molecule has 1 spiro atoms. The molecule has 3 aliphatic rings. The first-order valence-corrected chi connectivity index (χ1v) is 10.6. The molecule has 1 aromatic rings. The largest absolute Gasteiger partial charge is 0.497 e. The van der Waals surface area contributed by atoms with Crippen molar-refractivity contribution >= 4 is 12.0 Å². The number of ether oxygens (including phenoxy) is 2. The van der Waals surface area contributed by atoms with Crippen LogP contribution in [0, 0.1) is 11.8 Å². The molecule has 5 heteroatoms. The molecule has 1 N–H and O–H groups in total. The molecular formula is C23H32N2O3. The standard InChI is InChI=1S/C23H32N2O3/c1-3-5-22(26)24-14-19-20-15-25(16-23(20)12-11-21(19)28-23)13-4-6-17-7-9-18(27-2)10-8-17/h4,6-10,19-21H,3,5,11-16H2,1-2H3,(H,24,26)/b6-4+/t19-,20+,21+,23+/m0/s1. The molecule has 5 nitrogen and oxygen atoms in total. The van der Waals surface area contributed by atoms with Gasteiger partial charge >= 0.3 is 0 Å². The van der Waals surface area contributed by atoms with E-state index in [9.17, 15) is 4.79 Å². The minimum absolute atomic E-state index is 0.0266. The third kappa shape index (κ3) is 3.83. The van der Waals surface area contributed by atoms with Gasteiger partial charge in [-0.05, 0) is 37.0 Å². The molecular weight excluding hydrogens is 352 g/mol. The molecule has 28 heavy (non-hydrogen) atoms. The Kier molecular flexibility index (Phi) is 5.74. The van der Waals surface area contributed by atoms with Crippen LogP contribution in [0.15, 0.2) is 30.3 Å². The molecule has 1 aromatic carbocycles. The first kappa shape index (κ1) is 19.5. The zero-order valence-corrected chi connectivity index (χ0v) is 17.0. The van der Waals surface area contributed by atoms with Crippen molar-refractivity contribution in [3.8, 4) is 5.75 Å². The lowest BCUT2D eigenvalue weighted by Gasteiger charge is -2.29. The first-order chi connectivity index (χ1) is 13.6. The highest BCUT2D eigenvalue weighted by Gasteiger charge is 2.62. The third-order valence-electron chi connectivity index (χ3n) is 6.66. The summed E-state index contributed by atoms with van der Waals surface area (Å²) >= 11 is 0. The zero-order valence-electron chi connectivity index (χ0n) is 17.0. The molecule has 3 fully saturated rings. The SMILES string of the molecule is CCCC(=O)NC[C@H]1[C@H]2CN(C/C=C/c3ccc(OC)cc3)C[C@]23CC[C@H]1O3. The van der Waals surface area contributed by atoms with E-state index in [0.717, 1.165) is 44.8 Å². The van der Waals surface area contributed by atoms with Crippen molar-refractivity contribution in [2.45, 2.75) is 44.3 Å². The van der Waals surface area contributed by atoms with E-state index in [4.69, 9.17) is 9.47 Å². The number of carbonyl (C=O) groups is 1. The van der Waals surface area contributed by atoms with E-state index in [1.807, 2.05) is 19.1 Å². The second-order valence-electron chi connectivity index (χ2n) is 8.45. The van der Waals surface area contributed by atoms with Gasteiger partial charge in [0, 0.05) is 44.4 Å². The van der Waals surface area contributed by atoms with E-state index >= 15 is 0 Å². The average molecular weight is 385 g/mol. The van der Waals surface area contributed by atoms with Crippen molar-refractivity contribution in [1.82, 2.24) is 10.2 Å². The number of hydrogen-bond donors (Lipinski definition) is 1. The van der Waals surface area contributed by atoms with Gasteiger partial charge in [-0.15, -0.1) is 0 Å². The van der Waals surface area contributed by atoms with Crippen molar-refractivity contribution in [2.24, 2.45) is 11.8 Å². The normalized spacial score (nSPS) is 31.4. The summed E-state index contributed by atoms with van der Waals surface area (Å²) in [4.78, 5) is 14.4. The number of methoxy groups -OCH3 is 1. The van der Waals surface area contributed by atoms with Gasteiger partial charge in [0.05, 0.1) is 18.8 Å². The monoisotopic (exact) mass is 384 g/mol. The van der Waals surface area contributed by atoms with Crippen LogP contribution in [-0.2, 0) is 9.53 Å². The van der Waals surface area contributed by atoms with Crippen LogP contribution < -0.4 is 10.1 Å². The summed E-state index contributed by atoms with van der Waals surface area (Å²) in [5.74, 6) is 2.07. The molecule has 0 aromatic heterocycles. The lowest BCUT2D eigenvalue weighted by molar-refractivity contribution is -0.121. The Bertz CT molecular complexity index is 717. The lowest BCUT2D eigenvalue weighted by atomic mass is 9.73. The zero-order chi connectivity index (χ0) is 19.6. The Morgan fingerprint density at radius 1 is 1.39 bits per heavy atom. The van der Waals surface area contributed by atoms with E-state index < -0.39 is 0 Å². The predicted octanol–water partition coefficient (Wildman–Crippen LogP) is 3.10. The molecule has 1 amide bonds. The minimum Gasteiger partial charge on any atom is -0.497 e. The molecule has 3 heterocycles. The number of nitrogens with one attached hydrogen (secondary N) is 1. The molecule has 4 atom stereocenters. The van der Waals surface area contributed by atoms with Crippen molar-refractivity contribution in [2.75, 3.05) is 33.3 Å². The lowest BCUT2D eigenvalue weighted by Crippen LogP contribution is -2.41. The summed E-state index contributed by atoms with van der Waals surface area (Å²) in [7, 11) is 1.69. The quantitative estimate of drug-likeness (QED) is 0.748. The Morgan fingerprint density at radius 3 is 2.96 bits per heavy atom. The van der Waals surface area contributed by atoms with E-state index in [0.29, 0.717) is 24.4 Å². The van der Waals surface area contributed by atoms with E-state index in [1.165, 1.54) is 12.0 Å². The average Bonchev–Trinajstić information content (AvgIpc) is 3.35. The number of benzene rings is 1. The minimum atomic E-state index is 0.0266. The number of hydrogen-bond acceptors (Lipinski definition) is 4. The highest BCUT2D eigenvalue weighted by molar-refractivity contribution is 5.75. The van der Waals surface area contributed by atoms with E-state index in [2.05, 4.69) is 34.5 Å². The maximum atomic E-state index is 11.9. The van der Waals surface area contributed by atoms with Gasteiger partial charge < -0.3 is 14.8 Å². The van der Waals surface area contributed by atoms with E-state index in [1.54, 1.807) is 7.11 Å². The number of carbonyl (C=O) groups excluding carboxylic acids is 1. The third-order valence-corrected chi connectivity index (χ3v) is 6.66. The van der Waals surface area contributed by atoms with Gasteiger partial charge in [-0.25, -0.2) is 0 Å². The Labute approximate surface area is 168 Å². The van der Waals surface area contributed by atoms with Crippen LogP contribution >= 0.6 is 0 Å². The topological polar surface area (TPSA) is 50.8 Å². The fraction of sp³-hybridized carbons (Fsp3) is 0.609. The molecule has 0 saturated carbocycles. The molecule has 4 rings (SSSR count). The Hall–Kier alpha value is -1.85. The molecule has 2 bridgehead atoms. The van der Waals surface area contributed by atoms with Crippen molar-refractivity contribution < 1.29 is 14.3 Å². The summed E-state index contributed by atoms with van der Waals surface area (Å²) in [6, 6.07) is 8.13. The van der Waals surface area contributed by atoms with Crippen LogP contribution in [0.5, 0.6) is 5.75 Å². The van der Waals surface area contributed by atoms with Crippen LogP contribution in [0.2, 0.25) is 0 Å². The fourth-order valence-electron chi connectivity index (χ4n) is 5.30. The van der Waals surface area contributed by atoms with Gasteiger partial charge in [0.2, 0.25) is 5.91 Å². The number of nitrogens with zero attached hydrogens (tertiary/aromatic N) is 1. The molecule has 0 radical (unpaired) electrons. The smallest absolute Gasteiger partial charge is 0.219 e. The molecule has 0 unspecified atom stereocenters. The maximum absolute atomic E-state index is 11.9. The van der Waals surface area contributed by atoms with Gasteiger partial charge in [-0.1, -0.05) is 31.2 Å². The van der Waals surface area contributed by atoms with Gasteiger partial charge in [-0.3, -0.25) is 9.69 Å². The Morgan fingerprint density at radius 2 is 2.21 bits per heavy atom. The van der Waals surface area contributed by atoms with Crippen molar-refractivity contribution in [3.05, 3.63) is 35.9 Å². The summed E-state index contributed by atoms with van der Waals surface area (Å²) in [6.07, 6.45) is 8.58. The first-order valence-electron chi connectivity index (χ1n) is 10.6. The molecule has 3 aliphatic heterocycles. The number of likely N-dealkylation sites (tertiary alicyclic amines) is 1. The van der Waals surface area contributed by atoms with Crippen LogP contribution in [0.3, 0.4) is 0 Å². The second-order valence-corrected chi connectivity index (χ2v) is 8.45. The highest BCUT2D eigenvalue weighted by Crippen LogP contribution is 2.54. The molecule has 0 aliphatic carbocycles. The molecule has 3 saturated heterocycles. The number of rotatable bonds is 8. The van der Waals surface area contributed by atoms with Gasteiger partial charge in [-0.2, -0.15) is 0 Å². The van der Waals surface area contributed by atoms with Gasteiger partial charge in [0.1, 0.15) is 5.75 Å². The fourth-order valence-corrected chi connectivity index (χ4v) is 5.30. The van der Waals surface area contributed by atoms with Crippen LogP contribution in [0.25, 0.3) is 6.08 Å². The highest BCUT2D eigenvalue weighted by atomic mass is 16.5. The van der Waals surface area contributed by atoms with Crippen molar-refractivity contribution in [3.63, 3.8) is 0 Å². The molecule has 152 valence electrons. The summed E-state index contributed by atoms with van der Waals surface area (Å²) in [6.45, 7) is 5.83. The van der Waals surface area contributed by atoms with Crippen LogP contribution in [0.4, 0.5) is 0 Å². The van der Waals surface area contributed by atoms with Gasteiger partial charge in [0.25, 0.3) is 0 Å².